The fourth-order valence-electron chi connectivity index (χ4n) is 2.08. The van der Waals surface area contributed by atoms with Gasteiger partial charge >= 0.3 is 5.97 Å². The minimum absolute atomic E-state index is 0.0404. The first-order valence-corrected chi connectivity index (χ1v) is 7.97. The van der Waals surface area contributed by atoms with Gasteiger partial charge < -0.3 is 24.3 Å². The number of methoxy groups -OCH3 is 2. The first-order chi connectivity index (χ1) is 13.4. The minimum Gasteiger partial charge on any atom is -0.497 e. The number of amides is 1. The van der Waals surface area contributed by atoms with Gasteiger partial charge in [0.05, 0.1) is 25.2 Å². The fourth-order valence-corrected chi connectivity index (χ4v) is 2.08. The summed E-state index contributed by atoms with van der Waals surface area (Å²) in [7, 11) is 2.89. The number of nitrogens with one attached hydrogen (secondary N) is 1. The summed E-state index contributed by atoms with van der Waals surface area (Å²) in [4.78, 5) is 34.0. The zero-order chi connectivity index (χ0) is 20.5. The van der Waals surface area contributed by atoms with Crippen molar-refractivity contribution >= 4 is 23.3 Å². The average molecular weight is 390 g/mol. The van der Waals surface area contributed by atoms with Crippen molar-refractivity contribution in [3.63, 3.8) is 0 Å². The molecule has 28 heavy (non-hydrogen) atoms. The second-order valence-electron chi connectivity index (χ2n) is 5.31. The monoisotopic (exact) mass is 390 g/mol. The number of nitro groups is 1. The highest BCUT2D eigenvalue weighted by molar-refractivity contribution is 5.95. The van der Waals surface area contributed by atoms with Gasteiger partial charge in [0.1, 0.15) is 22.9 Å². The van der Waals surface area contributed by atoms with Crippen LogP contribution in [-0.2, 0) is 14.3 Å². The minimum atomic E-state index is -0.768. The third-order valence-electron chi connectivity index (χ3n) is 3.46. The first kappa shape index (κ1) is 20.5. The zero-order valence-electron chi connectivity index (χ0n) is 15.2. The van der Waals surface area contributed by atoms with E-state index in [0.29, 0.717) is 11.5 Å². The lowest BCUT2D eigenvalue weighted by Crippen LogP contribution is -2.24. The normalized spacial score (nSPS) is 9.93. The van der Waals surface area contributed by atoms with E-state index in [9.17, 15) is 19.7 Å². The van der Waals surface area contributed by atoms with Crippen molar-refractivity contribution < 1.29 is 33.5 Å². The summed E-state index contributed by atoms with van der Waals surface area (Å²) < 4.78 is 19.9. The SMILES string of the molecule is COc1ccc(OCC(=O)OCC(=O)Nc2ccc(OC)cc2[N+](=O)[O-])cc1. The third kappa shape index (κ3) is 5.87. The average Bonchev–Trinajstić information content (AvgIpc) is 2.71. The van der Waals surface area contributed by atoms with Crippen LogP contribution in [0.5, 0.6) is 17.2 Å². The summed E-state index contributed by atoms with van der Waals surface area (Å²) in [6.45, 7) is -1.02. The van der Waals surface area contributed by atoms with Crippen LogP contribution in [0.2, 0.25) is 0 Å². The fraction of sp³-hybridized carbons (Fsp3) is 0.222. The number of ether oxygens (including phenoxy) is 4. The van der Waals surface area contributed by atoms with Crippen molar-refractivity contribution in [1.29, 1.82) is 0 Å². The summed E-state index contributed by atoms with van der Waals surface area (Å²) >= 11 is 0. The first-order valence-electron chi connectivity index (χ1n) is 7.97. The summed E-state index contributed by atoms with van der Waals surface area (Å²) in [6.07, 6.45) is 0. The molecule has 0 heterocycles. The number of carbonyl (C=O) groups is 2. The third-order valence-corrected chi connectivity index (χ3v) is 3.46. The highest BCUT2D eigenvalue weighted by atomic mass is 16.6. The van der Waals surface area contributed by atoms with E-state index in [0.717, 1.165) is 0 Å². The van der Waals surface area contributed by atoms with Crippen molar-refractivity contribution in [3.8, 4) is 17.2 Å². The van der Waals surface area contributed by atoms with E-state index in [1.54, 1.807) is 24.3 Å². The number of nitro benzene ring substituents is 1. The molecular formula is C18H18N2O8. The number of hydrogen-bond donors (Lipinski definition) is 1. The molecule has 2 aromatic rings. The Labute approximate surface area is 160 Å². The molecule has 0 atom stereocenters. The number of hydrogen-bond acceptors (Lipinski definition) is 8. The van der Waals surface area contributed by atoms with Gasteiger partial charge in [0.15, 0.2) is 13.2 Å². The van der Waals surface area contributed by atoms with Gasteiger partial charge in [-0.15, -0.1) is 0 Å². The maximum atomic E-state index is 11.9. The standard InChI is InChI=1S/C18H18N2O8/c1-25-12-3-5-13(6-4-12)27-11-18(22)28-10-17(21)19-15-8-7-14(26-2)9-16(15)20(23)24/h3-9H,10-11H2,1-2H3,(H,19,21). The molecule has 0 unspecified atom stereocenters. The van der Waals surface area contributed by atoms with Gasteiger partial charge in [0.2, 0.25) is 0 Å². The molecule has 2 rings (SSSR count). The number of carbonyl (C=O) groups excluding carboxylic acids is 2. The number of benzene rings is 2. The Morgan fingerprint density at radius 2 is 1.57 bits per heavy atom. The molecule has 148 valence electrons. The lowest BCUT2D eigenvalue weighted by molar-refractivity contribution is -0.384. The Kier molecular flexibility index (Phi) is 7.14. The van der Waals surface area contributed by atoms with Crippen LogP contribution in [0, 0.1) is 10.1 Å². The molecule has 0 aromatic heterocycles. The Bertz CT molecular complexity index is 851. The van der Waals surface area contributed by atoms with Crippen LogP contribution in [0.4, 0.5) is 11.4 Å². The van der Waals surface area contributed by atoms with E-state index in [1.165, 1.54) is 32.4 Å². The zero-order valence-corrected chi connectivity index (χ0v) is 15.2. The van der Waals surface area contributed by atoms with Gasteiger partial charge in [0.25, 0.3) is 11.6 Å². The van der Waals surface area contributed by atoms with Crippen LogP contribution < -0.4 is 19.5 Å². The Balaban J connectivity index is 1.83. The Hall–Kier alpha value is -3.82. The van der Waals surface area contributed by atoms with Crippen LogP contribution in [0.3, 0.4) is 0 Å². The van der Waals surface area contributed by atoms with E-state index in [2.05, 4.69) is 5.32 Å². The molecule has 0 spiro atoms. The van der Waals surface area contributed by atoms with Crippen LogP contribution in [0.15, 0.2) is 42.5 Å². The number of rotatable bonds is 9. The van der Waals surface area contributed by atoms with E-state index < -0.39 is 30.0 Å². The molecule has 0 aliphatic heterocycles. The van der Waals surface area contributed by atoms with E-state index in [1.807, 2.05) is 0 Å². The largest absolute Gasteiger partial charge is 0.497 e. The molecule has 10 nitrogen and oxygen atoms in total. The summed E-state index contributed by atoms with van der Waals surface area (Å²) in [5, 5.41) is 13.4. The van der Waals surface area contributed by atoms with Gasteiger partial charge in [-0.25, -0.2) is 4.79 Å². The second-order valence-corrected chi connectivity index (χ2v) is 5.31. The molecule has 1 amide bonds. The van der Waals surface area contributed by atoms with E-state index in [-0.39, 0.29) is 17.1 Å². The van der Waals surface area contributed by atoms with Gasteiger partial charge in [-0.3, -0.25) is 14.9 Å². The highest BCUT2D eigenvalue weighted by Gasteiger charge is 2.18. The number of esters is 1. The molecule has 0 aliphatic rings. The predicted molar refractivity (Wildman–Crippen MR) is 97.7 cm³/mol. The van der Waals surface area contributed by atoms with Gasteiger partial charge in [-0.1, -0.05) is 0 Å². The molecule has 0 saturated carbocycles. The molecule has 10 heteroatoms. The van der Waals surface area contributed by atoms with Gasteiger partial charge in [0, 0.05) is 0 Å². The second kappa shape index (κ2) is 9.76. The maximum Gasteiger partial charge on any atom is 0.344 e. The van der Waals surface area contributed by atoms with Crippen molar-refractivity contribution in [1.82, 2.24) is 0 Å². The smallest absolute Gasteiger partial charge is 0.344 e. The molecule has 1 N–H and O–H groups in total. The van der Waals surface area contributed by atoms with Crippen molar-refractivity contribution in [3.05, 3.63) is 52.6 Å². The van der Waals surface area contributed by atoms with Crippen LogP contribution >= 0.6 is 0 Å². The Morgan fingerprint density at radius 1 is 0.964 bits per heavy atom. The topological polar surface area (TPSA) is 126 Å². The van der Waals surface area contributed by atoms with Gasteiger partial charge in [-0.05, 0) is 36.4 Å². The van der Waals surface area contributed by atoms with E-state index >= 15 is 0 Å². The lowest BCUT2D eigenvalue weighted by atomic mass is 10.2. The summed E-state index contributed by atoms with van der Waals surface area (Å²) in [5.41, 5.74) is -0.386. The molecule has 0 aliphatic carbocycles. The van der Waals surface area contributed by atoms with Crippen molar-refractivity contribution in [2.45, 2.75) is 0 Å². The molecule has 0 saturated heterocycles. The summed E-state index contributed by atoms with van der Waals surface area (Å²) in [6, 6.07) is 10.5. The van der Waals surface area contributed by atoms with E-state index in [4.69, 9.17) is 18.9 Å². The lowest BCUT2D eigenvalue weighted by Gasteiger charge is -2.09. The van der Waals surface area contributed by atoms with Crippen LogP contribution in [-0.4, -0.2) is 44.2 Å². The van der Waals surface area contributed by atoms with Crippen LogP contribution in [0.1, 0.15) is 0 Å². The Morgan fingerprint density at radius 3 is 2.18 bits per heavy atom. The molecule has 0 fully saturated rings. The van der Waals surface area contributed by atoms with Crippen molar-refractivity contribution in [2.24, 2.45) is 0 Å². The molecular weight excluding hydrogens is 372 g/mol. The number of nitrogens with zero attached hydrogens (tertiary/aromatic N) is 1. The van der Waals surface area contributed by atoms with Gasteiger partial charge in [-0.2, -0.15) is 0 Å². The quantitative estimate of drug-likeness (QED) is 0.392. The van der Waals surface area contributed by atoms with Crippen molar-refractivity contribution in [2.75, 3.05) is 32.8 Å². The highest BCUT2D eigenvalue weighted by Crippen LogP contribution is 2.28. The molecule has 2 aromatic carbocycles. The number of anilines is 1. The summed E-state index contributed by atoms with van der Waals surface area (Å²) in [5.74, 6) is -0.164. The molecule has 0 radical (unpaired) electrons. The molecule has 0 bridgehead atoms. The van der Waals surface area contributed by atoms with Crippen LogP contribution in [0.25, 0.3) is 0 Å². The predicted octanol–water partition coefficient (Wildman–Crippen LogP) is 2.17. The maximum absolute atomic E-state index is 11.9.